The number of para-hydroxylation sites is 1. The number of nitrogens with zero attached hydrogens (tertiary/aromatic N) is 6. The van der Waals surface area contributed by atoms with Crippen LogP contribution in [0.1, 0.15) is 25.0 Å². The summed E-state index contributed by atoms with van der Waals surface area (Å²) in [5.74, 6) is -0.0977. The van der Waals surface area contributed by atoms with Crippen LogP contribution in [0.25, 0.3) is 22.5 Å². The van der Waals surface area contributed by atoms with E-state index < -0.39 is 11.4 Å². The minimum Gasteiger partial charge on any atom is -0.324 e. The topological polar surface area (TPSA) is 80.4 Å². The zero-order chi connectivity index (χ0) is 25.2. The molecule has 0 saturated heterocycles. The number of likely N-dealkylation sites (N-methyl/N-ethyl adjacent to an activating group) is 1. The third-order valence-corrected chi connectivity index (χ3v) is 6.91. The van der Waals surface area contributed by atoms with Crippen LogP contribution in [0.15, 0.2) is 59.8 Å². The fourth-order valence-corrected chi connectivity index (χ4v) is 5.46. The first-order valence-corrected chi connectivity index (χ1v) is 11.9. The first-order chi connectivity index (χ1) is 17.2. The zero-order valence-corrected chi connectivity index (χ0v) is 20.7. The van der Waals surface area contributed by atoms with Gasteiger partial charge in [0.1, 0.15) is 16.9 Å². The Labute approximate surface area is 211 Å². The molecule has 0 radical (unpaired) electrons. The van der Waals surface area contributed by atoms with Gasteiger partial charge in [0.2, 0.25) is 11.7 Å². The van der Waals surface area contributed by atoms with E-state index >= 15 is 0 Å². The number of aromatic nitrogens is 5. The molecule has 0 bridgehead atoms. The number of hydrogen-bond donors (Lipinski definition) is 1. The summed E-state index contributed by atoms with van der Waals surface area (Å²) in [6, 6.07) is 10.5. The number of nitrogens with one attached hydrogen (secondary N) is 1. The maximum atomic E-state index is 14.7. The molecule has 1 aliphatic heterocycles. The van der Waals surface area contributed by atoms with E-state index in [1.807, 2.05) is 6.07 Å². The van der Waals surface area contributed by atoms with Gasteiger partial charge in [-0.3, -0.25) is 9.20 Å². The van der Waals surface area contributed by atoms with Gasteiger partial charge >= 0.3 is 0 Å². The van der Waals surface area contributed by atoms with Crippen LogP contribution in [0.5, 0.6) is 0 Å². The molecular formula is C26H23ClFN7O. The molecular weight excluding hydrogens is 481 g/mol. The van der Waals surface area contributed by atoms with E-state index in [0.29, 0.717) is 11.6 Å². The van der Waals surface area contributed by atoms with Crippen molar-refractivity contribution in [3.63, 3.8) is 0 Å². The number of fused-ring (bicyclic) bond motifs is 4. The van der Waals surface area contributed by atoms with Crippen LogP contribution < -0.4 is 10.9 Å². The SMILES string of the molecule is CN1Cc2cc(Nc3ncc4c(=O)n(-c5c(F)cccc5Cl)c5nccn5c4n3)ccc2C(C)(C)C1. The Kier molecular flexibility index (Phi) is 5.10. The minimum absolute atomic E-state index is 0.0635. The van der Waals surface area contributed by atoms with Crippen molar-refractivity contribution in [2.75, 3.05) is 18.9 Å². The van der Waals surface area contributed by atoms with Gasteiger partial charge in [0.25, 0.3) is 5.56 Å². The number of imidazole rings is 1. The fraction of sp³-hybridized carbons (Fsp3) is 0.231. The molecule has 0 unspecified atom stereocenters. The van der Waals surface area contributed by atoms with Gasteiger partial charge in [-0.25, -0.2) is 18.9 Å². The van der Waals surface area contributed by atoms with Crippen molar-refractivity contribution in [1.29, 1.82) is 0 Å². The van der Waals surface area contributed by atoms with Crippen molar-refractivity contribution in [3.8, 4) is 5.69 Å². The lowest BCUT2D eigenvalue weighted by Crippen LogP contribution is -2.39. The predicted molar refractivity (Wildman–Crippen MR) is 138 cm³/mol. The Bertz CT molecular complexity index is 1710. The average Bonchev–Trinajstić information content (AvgIpc) is 3.30. The molecule has 36 heavy (non-hydrogen) atoms. The molecule has 2 aromatic carbocycles. The molecule has 1 N–H and O–H groups in total. The lowest BCUT2D eigenvalue weighted by atomic mass is 9.78. The zero-order valence-electron chi connectivity index (χ0n) is 20.0. The predicted octanol–water partition coefficient (Wildman–Crippen LogP) is 4.69. The number of benzene rings is 2. The Balaban J connectivity index is 1.46. The maximum absolute atomic E-state index is 14.7. The third-order valence-electron chi connectivity index (χ3n) is 6.61. The number of anilines is 2. The second-order valence-corrected chi connectivity index (χ2v) is 10.2. The molecule has 0 spiro atoms. The Morgan fingerprint density at radius 3 is 2.81 bits per heavy atom. The summed E-state index contributed by atoms with van der Waals surface area (Å²) in [4.78, 5) is 29.0. The second-order valence-electron chi connectivity index (χ2n) is 9.79. The summed E-state index contributed by atoms with van der Waals surface area (Å²) < 4.78 is 17.5. The van der Waals surface area contributed by atoms with E-state index in [9.17, 15) is 9.18 Å². The molecule has 6 rings (SSSR count). The van der Waals surface area contributed by atoms with Crippen LogP contribution in [0.3, 0.4) is 0 Å². The van der Waals surface area contributed by atoms with E-state index in [4.69, 9.17) is 11.6 Å². The van der Waals surface area contributed by atoms with Gasteiger partial charge in [0.05, 0.1) is 5.02 Å². The van der Waals surface area contributed by atoms with Crippen LogP contribution in [0.2, 0.25) is 5.02 Å². The molecule has 10 heteroatoms. The largest absolute Gasteiger partial charge is 0.324 e. The molecule has 8 nitrogen and oxygen atoms in total. The van der Waals surface area contributed by atoms with E-state index in [1.54, 1.807) is 10.6 Å². The molecule has 0 saturated carbocycles. The normalized spacial score (nSPS) is 15.4. The third kappa shape index (κ3) is 3.54. The maximum Gasteiger partial charge on any atom is 0.270 e. The highest BCUT2D eigenvalue weighted by Crippen LogP contribution is 2.34. The lowest BCUT2D eigenvalue weighted by molar-refractivity contribution is 0.236. The lowest BCUT2D eigenvalue weighted by Gasteiger charge is -2.38. The van der Waals surface area contributed by atoms with Crippen LogP contribution >= 0.6 is 11.6 Å². The average molecular weight is 504 g/mol. The number of rotatable bonds is 3. The van der Waals surface area contributed by atoms with Crippen molar-refractivity contribution >= 4 is 40.0 Å². The van der Waals surface area contributed by atoms with Gasteiger partial charge in [-0.2, -0.15) is 4.98 Å². The van der Waals surface area contributed by atoms with Crippen molar-refractivity contribution in [2.45, 2.75) is 25.8 Å². The van der Waals surface area contributed by atoms with E-state index in [0.717, 1.165) is 23.3 Å². The van der Waals surface area contributed by atoms with Crippen LogP contribution in [-0.4, -0.2) is 42.4 Å². The van der Waals surface area contributed by atoms with E-state index in [2.05, 4.69) is 58.2 Å². The Morgan fingerprint density at radius 2 is 2.00 bits per heavy atom. The molecule has 182 valence electrons. The smallest absolute Gasteiger partial charge is 0.270 e. The monoisotopic (exact) mass is 503 g/mol. The highest BCUT2D eigenvalue weighted by atomic mass is 35.5. The molecule has 5 aromatic rings. The van der Waals surface area contributed by atoms with Crippen molar-refractivity contribution < 1.29 is 4.39 Å². The molecule has 3 aromatic heterocycles. The van der Waals surface area contributed by atoms with Gasteiger partial charge in [-0.15, -0.1) is 0 Å². The summed E-state index contributed by atoms with van der Waals surface area (Å²) in [5.41, 5.74) is 3.28. The summed E-state index contributed by atoms with van der Waals surface area (Å²) in [6.45, 7) is 6.36. The minimum atomic E-state index is -0.630. The fourth-order valence-electron chi connectivity index (χ4n) is 5.21. The van der Waals surface area contributed by atoms with E-state index in [-0.39, 0.29) is 27.3 Å². The molecule has 4 heterocycles. The standard InChI is InChI=1S/C26H23ClFN7O/c1-26(2)14-33(3)13-15-11-16(7-8-18(15)26)31-24-30-12-17-22(32-24)34-10-9-29-25(34)35(23(17)36)21-19(27)5-4-6-20(21)28/h4-12H,13-14H2,1-3H3,(H,30,31,32). The molecule has 0 atom stereocenters. The molecule has 0 fully saturated rings. The van der Waals surface area contributed by atoms with E-state index in [1.165, 1.54) is 41.7 Å². The number of halogens is 2. The Hall–Kier alpha value is -3.82. The highest BCUT2D eigenvalue weighted by Gasteiger charge is 2.30. The molecule has 0 amide bonds. The van der Waals surface area contributed by atoms with Crippen LogP contribution in [0.4, 0.5) is 16.0 Å². The molecule has 0 aliphatic carbocycles. The van der Waals surface area contributed by atoms with Crippen molar-refractivity contribution in [2.24, 2.45) is 0 Å². The van der Waals surface area contributed by atoms with Gasteiger partial charge < -0.3 is 10.2 Å². The Morgan fingerprint density at radius 1 is 1.17 bits per heavy atom. The van der Waals surface area contributed by atoms with Crippen LogP contribution in [0, 0.1) is 5.82 Å². The first-order valence-electron chi connectivity index (χ1n) is 11.5. The summed E-state index contributed by atoms with van der Waals surface area (Å²) in [7, 11) is 2.12. The quantitative estimate of drug-likeness (QED) is 0.385. The summed E-state index contributed by atoms with van der Waals surface area (Å²) >= 11 is 6.27. The second kappa shape index (κ2) is 8.11. The number of hydrogen-bond acceptors (Lipinski definition) is 6. The van der Waals surface area contributed by atoms with Gasteiger partial charge in [-0.05, 0) is 42.4 Å². The highest BCUT2D eigenvalue weighted by molar-refractivity contribution is 6.32. The van der Waals surface area contributed by atoms with Gasteiger partial charge in [0, 0.05) is 42.8 Å². The summed E-state index contributed by atoms with van der Waals surface area (Å²) in [6.07, 6.45) is 4.62. The van der Waals surface area contributed by atoms with Crippen molar-refractivity contribution in [1.82, 2.24) is 28.8 Å². The van der Waals surface area contributed by atoms with Crippen molar-refractivity contribution in [3.05, 3.63) is 87.3 Å². The van der Waals surface area contributed by atoms with Gasteiger partial charge in [-0.1, -0.05) is 37.6 Å². The van der Waals surface area contributed by atoms with Crippen LogP contribution in [-0.2, 0) is 12.0 Å². The molecule has 1 aliphatic rings. The summed E-state index contributed by atoms with van der Waals surface area (Å²) in [5, 5.41) is 3.57. The van der Waals surface area contributed by atoms with Gasteiger partial charge in [0.15, 0.2) is 5.65 Å². The first kappa shape index (κ1) is 22.6.